The molecule has 0 unspecified atom stereocenters. The van der Waals surface area contributed by atoms with E-state index in [1.54, 1.807) is 0 Å². The molecular weight excluding hydrogens is 468 g/mol. The van der Waals surface area contributed by atoms with Crippen molar-refractivity contribution in [3.8, 4) is 0 Å². The van der Waals surface area contributed by atoms with Gasteiger partial charge >= 0.3 is 0 Å². The van der Waals surface area contributed by atoms with E-state index in [1.165, 1.54) is 11.3 Å². The number of carbonyl (C=O) groups is 3. The Morgan fingerprint density at radius 2 is 1.72 bits per heavy atom. The number of thiocarbonyl (C=S) groups is 1. The SMILES string of the molecule is Cc1ccc(C)c(NC(=O)CCC(=O)NNC(=S)NC(=O)c2sc3ccccc3c2Cl)c1. The quantitative estimate of drug-likeness (QED) is 0.318. The molecular formula is C22H21ClN4O3S2. The molecule has 1 aromatic heterocycles. The number of rotatable bonds is 5. The van der Waals surface area contributed by atoms with Gasteiger partial charge in [0.2, 0.25) is 11.8 Å². The average Bonchev–Trinajstić information content (AvgIpc) is 3.10. The fourth-order valence-corrected chi connectivity index (χ4v) is 4.41. The van der Waals surface area contributed by atoms with Gasteiger partial charge < -0.3 is 5.32 Å². The van der Waals surface area contributed by atoms with Crippen LogP contribution in [0.25, 0.3) is 10.1 Å². The summed E-state index contributed by atoms with van der Waals surface area (Å²) in [5.74, 6) is -1.20. The largest absolute Gasteiger partial charge is 0.326 e. The van der Waals surface area contributed by atoms with Crippen molar-refractivity contribution in [2.45, 2.75) is 26.7 Å². The minimum atomic E-state index is -0.476. The average molecular weight is 489 g/mol. The Morgan fingerprint density at radius 3 is 2.47 bits per heavy atom. The van der Waals surface area contributed by atoms with Crippen molar-refractivity contribution >= 4 is 73.8 Å². The van der Waals surface area contributed by atoms with Gasteiger partial charge in [-0.3, -0.25) is 30.6 Å². The van der Waals surface area contributed by atoms with Crippen molar-refractivity contribution in [1.82, 2.24) is 16.2 Å². The Morgan fingerprint density at radius 1 is 1.00 bits per heavy atom. The lowest BCUT2D eigenvalue weighted by molar-refractivity contribution is -0.124. The molecule has 0 saturated carbocycles. The van der Waals surface area contributed by atoms with Crippen molar-refractivity contribution < 1.29 is 14.4 Å². The third kappa shape index (κ3) is 6.03. The molecule has 3 aromatic rings. The van der Waals surface area contributed by atoms with Crippen LogP contribution in [0.5, 0.6) is 0 Å². The van der Waals surface area contributed by atoms with Gasteiger partial charge in [-0.2, -0.15) is 0 Å². The molecule has 1 heterocycles. The number of aryl methyl sites for hydroxylation is 2. The number of amides is 3. The first kappa shape index (κ1) is 23.6. The molecule has 4 N–H and O–H groups in total. The lowest BCUT2D eigenvalue weighted by Crippen LogP contribution is -2.48. The number of hydrazine groups is 1. The molecule has 166 valence electrons. The number of fused-ring (bicyclic) bond motifs is 1. The maximum Gasteiger partial charge on any atom is 0.269 e. The first-order valence-corrected chi connectivity index (χ1v) is 11.3. The van der Waals surface area contributed by atoms with Crippen LogP contribution < -0.4 is 21.5 Å². The molecule has 0 atom stereocenters. The van der Waals surface area contributed by atoms with E-state index in [9.17, 15) is 14.4 Å². The van der Waals surface area contributed by atoms with Crippen LogP contribution in [-0.2, 0) is 9.59 Å². The minimum absolute atomic E-state index is 0.00257. The van der Waals surface area contributed by atoms with Crippen LogP contribution in [0.3, 0.4) is 0 Å². The molecule has 7 nitrogen and oxygen atoms in total. The summed E-state index contributed by atoms with van der Waals surface area (Å²) in [6, 6.07) is 13.2. The monoisotopic (exact) mass is 488 g/mol. The third-order valence-corrected chi connectivity index (χ3v) is 6.41. The number of hydrogen-bond donors (Lipinski definition) is 4. The van der Waals surface area contributed by atoms with Gasteiger partial charge in [0.1, 0.15) is 4.88 Å². The maximum atomic E-state index is 12.5. The standard InChI is InChI=1S/C22H21ClN4O3S2/c1-12-7-8-13(2)15(11-12)24-17(28)9-10-18(29)26-27-22(31)25-21(30)20-19(23)14-5-3-4-6-16(14)32-20/h3-8,11H,9-10H2,1-2H3,(H,24,28)(H,26,29)(H2,25,27,30,31). The van der Waals surface area contributed by atoms with E-state index in [0.717, 1.165) is 26.9 Å². The van der Waals surface area contributed by atoms with Gasteiger partial charge in [-0.05, 0) is 49.3 Å². The lowest BCUT2D eigenvalue weighted by atomic mass is 10.1. The van der Waals surface area contributed by atoms with Gasteiger partial charge in [-0.25, -0.2) is 0 Å². The Hall–Kier alpha value is -3.01. The highest BCUT2D eigenvalue weighted by Gasteiger charge is 2.18. The van der Waals surface area contributed by atoms with Crippen LogP contribution in [0.15, 0.2) is 42.5 Å². The molecule has 2 aromatic carbocycles. The highest BCUT2D eigenvalue weighted by atomic mass is 35.5. The van der Waals surface area contributed by atoms with Gasteiger partial charge in [0, 0.05) is 28.6 Å². The second-order valence-corrected chi connectivity index (χ2v) is 8.90. The number of nitrogens with one attached hydrogen (secondary N) is 4. The molecule has 0 aliphatic carbocycles. The first-order valence-electron chi connectivity index (χ1n) is 9.69. The van der Waals surface area contributed by atoms with Crippen LogP contribution >= 0.6 is 35.2 Å². The molecule has 0 bridgehead atoms. The molecule has 0 aliphatic rings. The van der Waals surface area contributed by atoms with Crippen molar-refractivity contribution in [3.63, 3.8) is 0 Å². The number of halogens is 1. The van der Waals surface area contributed by atoms with Gasteiger partial charge in [0.25, 0.3) is 5.91 Å². The normalized spacial score (nSPS) is 10.5. The van der Waals surface area contributed by atoms with E-state index in [4.69, 9.17) is 23.8 Å². The van der Waals surface area contributed by atoms with Crippen LogP contribution in [0, 0.1) is 13.8 Å². The number of benzene rings is 2. The molecule has 0 saturated heterocycles. The van der Waals surface area contributed by atoms with Crippen molar-refractivity contribution in [1.29, 1.82) is 0 Å². The summed E-state index contributed by atoms with van der Waals surface area (Å²) >= 11 is 12.6. The summed E-state index contributed by atoms with van der Waals surface area (Å²) in [6.07, 6.45) is -0.0557. The zero-order chi connectivity index (χ0) is 23.3. The molecule has 3 amide bonds. The van der Waals surface area contributed by atoms with Crippen LogP contribution in [0.4, 0.5) is 5.69 Å². The molecule has 0 radical (unpaired) electrons. The Kier molecular flexibility index (Phi) is 7.79. The minimum Gasteiger partial charge on any atom is -0.326 e. The van der Waals surface area contributed by atoms with Crippen LogP contribution in [-0.4, -0.2) is 22.8 Å². The van der Waals surface area contributed by atoms with E-state index in [1.807, 2.05) is 56.3 Å². The van der Waals surface area contributed by atoms with Crippen molar-refractivity contribution in [3.05, 3.63) is 63.5 Å². The highest BCUT2D eigenvalue weighted by molar-refractivity contribution is 7.80. The number of anilines is 1. The fourth-order valence-electron chi connectivity index (χ4n) is 2.85. The van der Waals surface area contributed by atoms with Crippen molar-refractivity contribution in [2.75, 3.05) is 5.32 Å². The predicted molar refractivity (Wildman–Crippen MR) is 132 cm³/mol. The van der Waals surface area contributed by atoms with E-state index in [0.29, 0.717) is 9.90 Å². The fraction of sp³-hybridized carbons (Fsp3) is 0.182. The second kappa shape index (κ2) is 10.5. The smallest absolute Gasteiger partial charge is 0.269 e. The second-order valence-electron chi connectivity index (χ2n) is 7.06. The van der Waals surface area contributed by atoms with Crippen LogP contribution in [0.1, 0.15) is 33.6 Å². The van der Waals surface area contributed by atoms with Gasteiger partial charge in [-0.15, -0.1) is 11.3 Å². The number of thiophene rings is 1. The Balaban J connectivity index is 1.43. The Bertz CT molecular complexity index is 1210. The van der Waals surface area contributed by atoms with Gasteiger partial charge in [-0.1, -0.05) is 41.9 Å². The molecule has 3 rings (SSSR count). The topological polar surface area (TPSA) is 99.3 Å². The van der Waals surface area contributed by atoms with E-state index in [2.05, 4.69) is 21.5 Å². The number of carbonyl (C=O) groups excluding carboxylic acids is 3. The van der Waals surface area contributed by atoms with Crippen LogP contribution in [0.2, 0.25) is 5.02 Å². The highest BCUT2D eigenvalue weighted by Crippen LogP contribution is 2.34. The molecule has 10 heteroatoms. The molecule has 0 aliphatic heterocycles. The summed E-state index contributed by atoms with van der Waals surface area (Å²) in [7, 11) is 0. The van der Waals surface area contributed by atoms with Crippen molar-refractivity contribution in [2.24, 2.45) is 0 Å². The zero-order valence-electron chi connectivity index (χ0n) is 17.4. The molecule has 0 fully saturated rings. The first-order chi connectivity index (χ1) is 15.2. The van der Waals surface area contributed by atoms with E-state index in [-0.39, 0.29) is 23.9 Å². The van der Waals surface area contributed by atoms with E-state index >= 15 is 0 Å². The summed E-state index contributed by atoms with van der Waals surface area (Å²) in [5, 5.41) is 6.33. The number of hydrogen-bond acceptors (Lipinski definition) is 5. The van der Waals surface area contributed by atoms with E-state index < -0.39 is 11.8 Å². The maximum absolute atomic E-state index is 12.5. The summed E-state index contributed by atoms with van der Waals surface area (Å²) < 4.78 is 0.883. The lowest BCUT2D eigenvalue weighted by Gasteiger charge is -2.11. The molecule has 32 heavy (non-hydrogen) atoms. The summed E-state index contributed by atoms with van der Waals surface area (Å²) in [6.45, 7) is 3.83. The zero-order valence-corrected chi connectivity index (χ0v) is 19.8. The van der Waals surface area contributed by atoms with Gasteiger partial charge in [0.05, 0.1) is 5.02 Å². The summed E-state index contributed by atoms with van der Waals surface area (Å²) in [4.78, 5) is 36.9. The third-order valence-electron chi connectivity index (χ3n) is 4.53. The Labute approximate surface area is 199 Å². The van der Waals surface area contributed by atoms with Gasteiger partial charge in [0.15, 0.2) is 5.11 Å². The summed E-state index contributed by atoms with van der Waals surface area (Å²) in [5.41, 5.74) is 7.51. The molecule has 0 spiro atoms. The predicted octanol–water partition coefficient (Wildman–Crippen LogP) is 4.23.